The van der Waals surface area contributed by atoms with E-state index in [-0.39, 0.29) is 18.1 Å². The van der Waals surface area contributed by atoms with Gasteiger partial charge in [0.05, 0.1) is 12.7 Å². The van der Waals surface area contributed by atoms with Crippen LogP contribution in [-0.2, 0) is 11.3 Å². The number of hydrogen-bond donors (Lipinski definition) is 2. The highest BCUT2D eigenvalue weighted by Crippen LogP contribution is 2.18. The normalized spacial score (nSPS) is 10.3. The molecule has 0 fully saturated rings. The number of rotatable bonds is 6. The largest absolute Gasteiger partial charge is 0.465 e. The number of nitrogens with one attached hydrogen (secondary N) is 2. The summed E-state index contributed by atoms with van der Waals surface area (Å²) in [6.45, 7) is 1.70. The molecule has 1 amide bonds. The zero-order chi connectivity index (χ0) is 20.8. The minimum atomic E-state index is -0.458. The molecule has 0 aliphatic rings. The van der Waals surface area contributed by atoms with Crippen LogP contribution in [0.4, 0.5) is 15.9 Å². The fourth-order valence-corrected chi connectivity index (χ4v) is 2.65. The SMILES string of the molecule is COC(=O)c1cccc(Nc2cc(C(=O)NCc3ccccc3F)nc(C)n2)c1. The minimum absolute atomic E-state index is 0.0402. The highest BCUT2D eigenvalue weighted by atomic mass is 19.1. The van der Waals surface area contributed by atoms with Gasteiger partial charge in [0.2, 0.25) is 0 Å². The first-order valence-corrected chi connectivity index (χ1v) is 8.79. The Kier molecular flexibility index (Phi) is 6.13. The quantitative estimate of drug-likeness (QED) is 0.623. The van der Waals surface area contributed by atoms with Crippen molar-refractivity contribution in [3.63, 3.8) is 0 Å². The van der Waals surface area contributed by atoms with E-state index < -0.39 is 11.9 Å². The lowest BCUT2D eigenvalue weighted by Crippen LogP contribution is -2.25. The number of carbonyl (C=O) groups is 2. The molecule has 2 N–H and O–H groups in total. The Morgan fingerprint density at radius 1 is 1.07 bits per heavy atom. The third-order valence-corrected chi connectivity index (χ3v) is 4.02. The molecular formula is C21H19FN4O3. The maximum atomic E-state index is 13.7. The summed E-state index contributed by atoms with van der Waals surface area (Å²) in [5.41, 5.74) is 1.50. The summed E-state index contributed by atoms with van der Waals surface area (Å²) in [5.74, 6) is -0.531. The van der Waals surface area contributed by atoms with Gasteiger partial charge in [0, 0.05) is 23.9 Å². The van der Waals surface area contributed by atoms with Crippen LogP contribution in [0, 0.1) is 12.7 Å². The van der Waals surface area contributed by atoms with Gasteiger partial charge in [-0.3, -0.25) is 4.79 Å². The monoisotopic (exact) mass is 394 g/mol. The van der Waals surface area contributed by atoms with Crippen molar-refractivity contribution in [3.05, 3.63) is 83.1 Å². The van der Waals surface area contributed by atoms with Crippen LogP contribution in [0.2, 0.25) is 0 Å². The van der Waals surface area contributed by atoms with E-state index in [9.17, 15) is 14.0 Å². The molecule has 0 unspecified atom stereocenters. The average molecular weight is 394 g/mol. The molecule has 0 aliphatic heterocycles. The second-order valence-electron chi connectivity index (χ2n) is 6.16. The summed E-state index contributed by atoms with van der Waals surface area (Å²) in [4.78, 5) is 32.5. The molecule has 3 rings (SSSR count). The van der Waals surface area contributed by atoms with Crippen molar-refractivity contribution in [1.29, 1.82) is 0 Å². The van der Waals surface area contributed by atoms with Gasteiger partial charge in [-0.25, -0.2) is 19.2 Å². The van der Waals surface area contributed by atoms with Crippen molar-refractivity contribution < 1.29 is 18.7 Å². The van der Waals surface area contributed by atoms with Gasteiger partial charge in [-0.15, -0.1) is 0 Å². The highest BCUT2D eigenvalue weighted by molar-refractivity contribution is 5.93. The fraction of sp³-hybridized carbons (Fsp3) is 0.143. The number of aromatic nitrogens is 2. The summed E-state index contributed by atoms with van der Waals surface area (Å²) >= 11 is 0. The van der Waals surface area contributed by atoms with Crippen molar-refractivity contribution in [3.8, 4) is 0 Å². The third kappa shape index (κ3) is 5.13. The molecule has 8 heteroatoms. The number of anilines is 2. The van der Waals surface area contributed by atoms with Crippen molar-refractivity contribution in [2.24, 2.45) is 0 Å². The fourth-order valence-electron chi connectivity index (χ4n) is 2.65. The van der Waals surface area contributed by atoms with Crippen LogP contribution < -0.4 is 10.6 Å². The molecule has 1 heterocycles. The first-order valence-electron chi connectivity index (χ1n) is 8.79. The molecule has 148 valence electrons. The van der Waals surface area contributed by atoms with Gasteiger partial charge in [0.25, 0.3) is 5.91 Å². The first kappa shape index (κ1) is 19.9. The van der Waals surface area contributed by atoms with Gasteiger partial charge in [-0.2, -0.15) is 0 Å². The van der Waals surface area contributed by atoms with Gasteiger partial charge in [0.15, 0.2) is 0 Å². The van der Waals surface area contributed by atoms with Crippen molar-refractivity contribution in [1.82, 2.24) is 15.3 Å². The summed E-state index contributed by atoms with van der Waals surface area (Å²) in [5, 5.41) is 5.69. The lowest BCUT2D eigenvalue weighted by Gasteiger charge is -2.10. The summed E-state index contributed by atoms with van der Waals surface area (Å²) in [7, 11) is 1.31. The third-order valence-electron chi connectivity index (χ3n) is 4.02. The Morgan fingerprint density at radius 3 is 2.62 bits per heavy atom. The summed E-state index contributed by atoms with van der Waals surface area (Å²) < 4.78 is 18.4. The number of benzene rings is 2. The Balaban J connectivity index is 1.75. The molecule has 0 atom stereocenters. The van der Waals surface area contributed by atoms with E-state index in [1.54, 1.807) is 49.4 Å². The second-order valence-corrected chi connectivity index (χ2v) is 6.16. The average Bonchev–Trinajstić information content (AvgIpc) is 2.72. The molecule has 2 aromatic carbocycles. The Morgan fingerprint density at radius 2 is 1.86 bits per heavy atom. The lowest BCUT2D eigenvalue weighted by atomic mass is 10.2. The van der Waals surface area contributed by atoms with Crippen molar-refractivity contribution in [2.45, 2.75) is 13.5 Å². The van der Waals surface area contributed by atoms with Gasteiger partial charge in [-0.1, -0.05) is 24.3 Å². The van der Waals surface area contributed by atoms with Crippen molar-refractivity contribution in [2.75, 3.05) is 12.4 Å². The number of carbonyl (C=O) groups excluding carboxylic acids is 2. The van der Waals surface area contributed by atoms with E-state index in [4.69, 9.17) is 4.74 Å². The van der Waals surface area contributed by atoms with Gasteiger partial charge >= 0.3 is 5.97 Å². The number of nitrogens with zero attached hydrogens (tertiary/aromatic N) is 2. The lowest BCUT2D eigenvalue weighted by molar-refractivity contribution is 0.0600. The molecule has 29 heavy (non-hydrogen) atoms. The standard InChI is InChI=1S/C21H19FN4O3/c1-13-24-18(20(27)23-12-15-6-3-4-9-17(15)22)11-19(25-13)26-16-8-5-7-14(10-16)21(28)29-2/h3-11H,12H2,1-2H3,(H,23,27)(H,24,25,26). The van der Waals surface area contributed by atoms with Crippen LogP contribution in [0.1, 0.15) is 32.2 Å². The maximum absolute atomic E-state index is 13.7. The molecule has 0 bridgehead atoms. The van der Waals surface area contributed by atoms with Gasteiger partial charge < -0.3 is 15.4 Å². The molecule has 7 nitrogen and oxygen atoms in total. The Hall–Kier alpha value is -3.81. The molecular weight excluding hydrogens is 375 g/mol. The van der Waals surface area contributed by atoms with Crippen LogP contribution in [0.15, 0.2) is 54.6 Å². The van der Waals surface area contributed by atoms with Gasteiger partial charge in [-0.05, 0) is 31.2 Å². The molecule has 0 spiro atoms. The summed E-state index contributed by atoms with van der Waals surface area (Å²) in [6.07, 6.45) is 0. The van der Waals surface area contributed by atoms with Crippen LogP contribution >= 0.6 is 0 Å². The van der Waals surface area contributed by atoms with Crippen LogP contribution in [0.3, 0.4) is 0 Å². The van der Waals surface area contributed by atoms with E-state index in [0.29, 0.717) is 28.5 Å². The Bertz CT molecular complexity index is 1060. The van der Waals surface area contributed by atoms with E-state index in [2.05, 4.69) is 20.6 Å². The Labute approximate surface area is 167 Å². The first-order chi connectivity index (χ1) is 14.0. The van der Waals surface area contributed by atoms with E-state index in [1.165, 1.54) is 19.2 Å². The molecule has 0 radical (unpaired) electrons. The van der Waals surface area contributed by atoms with E-state index >= 15 is 0 Å². The smallest absolute Gasteiger partial charge is 0.337 e. The molecule has 0 saturated heterocycles. The summed E-state index contributed by atoms with van der Waals surface area (Å²) in [6, 6.07) is 14.4. The number of hydrogen-bond acceptors (Lipinski definition) is 6. The predicted molar refractivity (Wildman–Crippen MR) is 105 cm³/mol. The predicted octanol–water partition coefficient (Wildman–Crippen LogP) is 3.38. The van der Waals surface area contributed by atoms with Crippen molar-refractivity contribution >= 4 is 23.4 Å². The van der Waals surface area contributed by atoms with E-state index in [0.717, 1.165) is 0 Å². The van der Waals surface area contributed by atoms with E-state index in [1.807, 2.05) is 0 Å². The number of amides is 1. The number of ether oxygens (including phenoxy) is 1. The second kappa shape index (κ2) is 8.92. The molecule has 0 aliphatic carbocycles. The number of halogens is 1. The zero-order valence-electron chi connectivity index (χ0n) is 15.9. The zero-order valence-corrected chi connectivity index (χ0v) is 15.9. The number of aryl methyl sites for hydroxylation is 1. The van der Waals surface area contributed by atoms with Crippen LogP contribution in [-0.4, -0.2) is 29.0 Å². The molecule has 0 saturated carbocycles. The molecule has 3 aromatic rings. The highest BCUT2D eigenvalue weighted by Gasteiger charge is 2.12. The minimum Gasteiger partial charge on any atom is -0.465 e. The van der Waals surface area contributed by atoms with Crippen LogP contribution in [0.25, 0.3) is 0 Å². The number of methoxy groups -OCH3 is 1. The van der Waals surface area contributed by atoms with Crippen LogP contribution in [0.5, 0.6) is 0 Å². The number of esters is 1. The van der Waals surface area contributed by atoms with Gasteiger partial charge in [0.1, 0.15) is 23.2 Å². The molecule has 1 aromatic heterocycles. The maximum Gasteiger partial charge on any atom is 0.337 e. The topological polar surface area (TPSA) is 93.2 Å².